The van der Waals surface area contributed by atoms with Gasteiger partial charge in [0, 0.05) is 6.04 Å². The van der Waals surface area contributed by atoms with Gasteiger partial charge in [-0.1, -0.05) is 39.0 Å². The van der Waals surface area contributed by atoms with E-state index >= 15 is 0 Å². The third kappa shape index (κ3) is 3.69. The van der Waals surface area contributed by atoms with Gasteiger partial charge in [0.1, 0.15) is 0 Å². The number of hydrogen-bond donors (Lipinski definition) is 1. The Labute approximate surface area is 87.5 Å². The minimum atomic E-state index is 0.440. The summed E-state index contributed by atoms with van der Waals surface area (Å²) in [5.41, 5.74) is 0. The van der Waals surface area contributed by atoms with Crippen LogP contribution in [0.1, 0.15) is 58.3 Å². The Balaban J connectivity index is 2.41. The Morgan fingerprint density at radius 1 is 1.29 bits per heavy atom. The molecular formula is C12H23NO. The third-order valence-corrected chi connectivity index (χ3v) is 3.35. The number of carbonyl (C=O) groups is 1. The van der Waals surface area contributed by atoms with Crippen LogP contribution in [0, 0.1) is 5.92 Å². The fourth-order valence-electron chi connectivity index (χ4n) is 2.57. The van der Waals surface area contributed by atoms with E-state index in [0.29, 0.717) is 6.04 Å². The molecule has 0 spiro atoms. The summed E-state index contributed by atoms with van der Waals surface area (Å²) in [6.45, 7) is 2.19. The molecule has 82 valence electrons. The van der Waals surface area contributed by atoms with Gasteiger partial charge in [0.25, 0.3) is 0 Å². The molecule has 1 N–H and O–H groups in total. The van der Waals surface area contributed by atoms with E-state index in [1.54, 1.807) is 0 Å². The van der Waals surface area contributed by atoms with Crippen LogP contribution < -0.4 is 5.32 Å². The van der Waals surface area contributed by atoms with Gasteiger partial charge < -0.3 is 5.32 Å². The van der Waals surface area contributed by atoms with Gasteiger partial charge in [0.05, 0.1) is 0 Å². The zero-order valence-electron chi connectivity index (χ0n) is 9.30. The molecule has 1 aliphatic carbocycles. The molecule has 0 aromatic carbocycles. The predicted molar refractivity (Wildman–Crippen MR) is 59.1 cm³/mol. The van der Waals surface area contributed by atoms with Crippen molar-refractivity contribution in [1.82, 2.24) is 5.32 Å². The Hall–Kier alpha value is -0.530. The molecule has 2 heteroatoms. The first-order valence-electron chi connectivity index (χ1n) is 6.08. The van der Waals surface area contributed by atoms with Crippen LogP contribution in [-0.4, -0.2) is 12.5 Å². The summed E-state index contributed by atoms with van der Waals surface area (Å²) in [5, 5.41) is 3.00. The van der Waals surface area contributed by atoms with Crippen molar-refractivity contribution in [2.75, 3.05) is 0 Å². The molecule has 0 bridgehead atoms. The number of hydrogen-bond acceptors (Lipinski definition) is 1. The van der Waals surface area contributed by atoms with E-state index in [-0.39, 0.29) is 0 Å². The highest BCUT2D eigenvalue weighted by atomic mass is 16.1. The Bertz CT molecular complexity index is 150. The second kappa shape index (κ2) is 6.86. The zero-order chi connectivity index (χ0) is 10.2. The lowest BCUT2D eigenvalue weighted by atomic mass is 9.89. The van der Waals surface area contributed by atoms with Crippen molar-refractivity contribution in [2.45, 2.75) is 64.3 Å². The van der Waals surface area contributed by atoms with Gasteiger partial charge in [-0.05, 0) is 25.2 Å². The first-order valence-corrected chi connectivity index (χ1v) is 6.08. The van der Waals surface area contributed by atoms with E-state index in [9.17, 15) is 4.79 Å². The molecule has 0 aromatic rings. The molecule has 1 saturated carbocycles. The number of nitrogens with one attached hydrogen (secondary N) is 1. The molecular weight excluding hydrogens is 174 g/mol. The van der Waals surface area contributed by atoms with Crippen molar-refractivity contribution >= 4 is 6.41 Å². The van der Waals surface area contributed by atoms with Gasteiger partial charge >= 0.3 is 0 Å². The Morgan fingerprint density at radius 2 is 1.93 bits per heavy atom. The van der Waals surface area contributed by atoms with Crippen LogP contribution in [0.4, 0.5) is 0 Å². The predicted octanol–water partition coefficient (Wildman–Crippen LogP) is 2.87. The van der Waals surface area contributed by atoms with Gasteiger partial charge in [-0.3, -0.25) is 4.79 Å². The SMILES string of the molecule is CCCC(NC=O)C1CCCCCC1. The van der Waals surface area contributed by atoms with Gasteiger partial charge in [-0.15, -0.1) is 0 Å². The van der Waals surface area contributed by atoms with Crippen molar-refractivity contribution < 1.29 is 4.79 Å². The fourth-order valence-corrected chi connectivity index (χ4v) is 2.57. The number of carbonyl (C=O) groups excluding carboxylic acids is 1. The van der Waals surface area contributed by atoms with E-state index in [4.69, 9.17) is 0 Å². The van der Waals surface area contributed by atoms with Crippen LogP contribution >= 0.6 is 0 Å². The summed E-state index contributed by atoms with van der Waals surface area (Å²) in [4.78, 5) is 10.5. The molecule has 1 amide bonds. The van der Waals surface area contributed by atoms with E-state index in [1.165, 1.54) is 44.9 Å². The van der Waals surface area contributed by atoms with Crippen LogP contribution in [0.5, 0.6) is 0 Å². The largest absolute Gasteiger partial charge is 0.356 e. The number of amides is 1. The van der Waals surface area contributed by atoms with E-state index < -0.39 is 0 Å². The summed E-state index contributed by atoms with van der Waals surface area (Å²) in [5.74, 6) is 0.739. The highest BCUT2D eigenvalue weighted by Crippen LogP contribution is 2.27. The molecule has 0 heterocycles. The molecule has 2 nitrogen and oxygen atoms in total. The molecule has 1 fully saturated rings. The first-order chi connectivity index (χ1) is 6.88. The van der Waals surface area contributed by atoms with Crippen LogP contribution in [0.15, 0.2) is 0 Å². The van der Waals surface area contributed by atoms with Crippen LogP contribution in [0.3, 0.4) is 0 Å². The molecule has 1 unspecified atom stereocenters. The molecule has 0 radical (unpaired) electrons. The van der Waals surface area contributed by atoms with E-state index in [0.717, 1.165) is 18.7 Å². The van der Waals surface area contributed by atoms with E-state index in [2.05, 4.69) is 12.2 Å². The summed E-state index contributed by atoms with van der Waals surface area (Å²) in [6.07, 6.45) is 11.3. The fraction of sp³-hybridized carbons (Fsp3) is 0.917. The lowest BCUT2D eigenvalue weighted by Gasteiger charge is -2.25. The molecule has 0 saturated heterocycles. The maximum absolute atomic E-state index is 10.5. The van der Waals surface area contributed by atoms with Crippen LogP contribution in [0.2, 0.25) is 0 Å². The van der Waals surface area contributed by atoms with Crippen molar-refractivity contribution in [2.24, 2.45) is 5.92 Å². The minimum absolute atomic E-state index is 0.440. The van der Waals surface area contributed by atoms with Crippen molar-refractivity contribution in [3.8, 4) is 0 Å². The molecule has 0 aromatic heterocycles. The lowest BCUT2D eigenvalue weighted by molar-refractivity contribution is -0.110. The topological polar surface area (TPSA) is 29.1 Å². The van der Waals surface area contributed by atoms with E-state index in [1.807, 2.05) is 0 Å². The molecule has 0 aliphatic heterocycles. The molecule has 1 aliphatic rings. The van der Waals surface area contributed by atoms with Gasteiger partial charge in [0.2, 0.25) is 6.41 Å². The third-order valence-electron chi connectivity index (χ3n) is 3.35. The quantitative estimate of drug-likeness (QED) is 0.533. The molecule has 1 rings (SSSR count). The summed E-state index contributed by atoms with van der Waals surface area (Å²) in [7, 11) is 0. The Morgan fingerprint density at radius 3 is 2.43 bits per heavy atom. The zero-order valence-corrected chi connectivity index (χ0v) is 9.30. The van der Waals surface area contributed by atoms with Gasteiger partial charge in [0.15, 0.2) is 0 Å². The van der Waals surface area contributed by atoms with Crippen molar-refractivity contribution in [3.63, 3.8) is 0 Å². The van der Waals surface area contributed by atoms with Gasteiger partial charge in [-0.2, -0.15) is 0 Å². The second-order valence-electron chi connectivity index (χ2n) is 4.43. The lowest BCUT2D eigenvalue weighted by Crippen LogP contribution is -2.35. The maximum Gasteiger partial charge on any atom is 0.207 e. The highest BCUT2D eigenvalue weighted by molar-refractivity contribution is 5.46. The monoisotopic (exact) mass is 197 g/mol. The smallest absolute Gasteiger partial charge is 0.207 e. The number of rotatable bonds is 5. The second-order valence-corrected chi connectivity index (χ2v) is 4.43. The highest BCUT2D eigenvalue weighted by Gasteiger charge is 2.21. The van der Waals surface area contributed by atoms with Crippen molar-refractivity contribution in [3.05, 3.63) is 0 Å². The van der Waals surface area contributed by atoms with Crippen LogP contribution in [0.25, 0.3) is 0 Å². The van der Waals surface area contributed by atoms with Crippen molar-refractivity contribution in [1.29, 1.82) is 0 Å². The summed E-state index contributed by atoms with van der Waals surface area (Å²) < 4.78 is 0. The average molecular weight is 197 g/mol. The van der Waals surface area contributed by atoms with Crippen LogP contribution in [-0.2, 0) is 4.79 Å². The maximum atomic E-state index is 10.5. The first kappa shape index (κ1) is 11.5. The summed E-state index contributed by atoms with van der Waals surface area (Å²) >= 11 is 0. The molecule has 14 heavy (non-hydrogen) atoms. The Kier molecular flexibility index (Phi) is 5.65. The average Bonchev–Trinajstić information content (AvgIpc) is 2.45. The standard InChI is InChI=1S/C12H23NO/c1-2-7-12(13-10-14)11-8-5-3-4-6-9-11/h10-12H,2-9H2,1H3,(H,13,14). The normalized spacial score (nSPS) is 21.2. The summed E-state index contributed by atoms with van der Waals surface area (Å²) in [6, 6.07) is 0.440. The minimum Gasteiger partial charge on any atom is -0.356 e. The molecule has 1 atom stereocenters. The van der Waals surface area contributed by atoms with Gasteiger partial charge in [-0.25, -0.2) is 0 Å².